The SMILES string of the molecule is C/C(=C\CC[C@H](C)CC1SCCCS1)CC1(CC(C)C)SCCCS1. The average molecular weight is 419 g/mol. The van der Waals surface area contributed by atoms with Crippen LogP contribution in [0.4, 0.5) is 0 Å². The summed E-state index contributed by atoms with van der Waals surface area (Å²) in [7, 11) is 0. The molecule has 2 heterocycles. The topological polar surface area (TPSA) is 0 Å². The molecule has 0 aromatic rings. The molecule has 0 saturated carbocycles. The summed E-state index contributed by atoms with van der Waals surface area (Å²) in [5, 5.41) is 0. The van der Waals surface area contributed by atoms with E-state index in [-0.39, 0.29) is 0 Å². The van der Waals surface area contributed by atoms with Crippen LogP contribution >= 0.6 is 47.0 Å². The molecule has 0 amide bonds. The van der Waals surface area contributed by atoms with Crippen molar-refractivity contribution >= 4 is 47.0 Å². The van der Waals surface area contributed by atoms with Gasteiger partial charge in [-0.05, 0) is 86.7 Å². The van der Waals surface area contributed by atoms with Gasteiger partial charge >= 0.3 is 0 Å². The van der Waals surface area contributed by atoms with Gasteiger partial charge in [0.25, 0.3) is 0 Å². The number of rotatable bonds is 9. The molecule has 1 atom stereocenters. The lowest BCUT2D eigenvalue weighted by Gasteiger charge is -2.38. The van der Waals surface area contributed by atoms with Crippen molar-refractivity contribution in [2.24, 2.45) is 11.8 Å². The third-order valence-electron chi connectivity index (χ3n) is 4.93. The van der Waals surface area contributed by atoms with E-state index in [1.165, 1.54) is 68.0 Å². The molecule has 0 aromatic carbocycles. The van der Waals surface area contributed by atoms with Crippen LogP contribution in [0.15, 0.2) is 11.6 Å². The second-order valence-corrected chi connectivity index (χ2v) is 14.4. The van der Waals surface area contributed by atoms with Crippen LogP contribution in [0.1, 0.15) is 72.6 Å². The Bertz CT molecular complexity index is 393. The molecule has 2 rings (SSSR count). The quantitative estimate of drug-likeness (QED) is 0.348. The van der Waals surface area contributed by atoms with Gasteiger partial charge in [-0.15, -0.1) is 47.0 Å². The zero-order valence-corrected chi connectivity index (χ0v) is 20.0. The highest BCUT2D eigenvalue weighted by Crippen LogP contribution is 2.50. The molecule has 0 aliphatic carbocycles. The Hall–Kier alpha value is 1.14. The van der Waals surface area contributed by atoms with Crippen LogP contribution in [0.3, 0.4) is 0 Å². The van der Waals surface area contributed by atoms with Gasteiger partial charge in [0, 0.05) is 0 Å². The Morgan fingerprint density at radius 2 is 1.68 bits per heavy atom. The minimum atomic E-state index is 0.466. The molecule has 2 aliphatic heterocycles. The standard InChI is InChI=1S/C21H38S4/c1-17(2)15-21(24-12-7-13-25-21)16-19(4)9-5-8-18(3)14-20-22-10-6-11-23-20/h9,17-18,20H,5-8,10-16H2,1-4H3/b19-9+/t18-/m0/s1. The highest BCUT2D eigenvalue weighted by molar-refractivity contribution is 8.18. The van der Waals surface area contributed by atoms with E-state index >= 15 is 0 Å². The van der Waals surface area contributed by atoms with E-state index in [2.05, 4.69) is 80.8 Å². The van der Waals surface area contributed by atoms with Crippen molar-refractivity contribution < 1.29 is 0 Å². The average Bonchev–Trinajstić information content (AvgIpc) is 2.55. The van der Waals surface area contributed by atoms with E-state index in [0.29, 0.717) is 4.08 Å². The number of hydrogen-bond acceptors (Lipinski definition) is 4. The number of allylic oxidation sites excluding steroid dienone is 2. The summed E-state index contributed by atoms with van der Waals surface area (Å²) in [6.07, 6.45) is 12.1. The molecule has 146 valence electrons. The number of thioether (sulfide) groups is 4. The first-order valence-corrected chi connectivity index (χ1v) is 14.2. The largest absolute Gasteiger partial charge is 0.148 e. The predicted molar refractivity (Wildman–Crippen MR) is 126 cm³/mol. The third-order valence-corrected chi connectivity index (χ3v) is 11.3. The molecule has 0 aromatic heterocycles. The summed E-state index contributed by atoms with van der Waals surface area (Å²) in [6.45, 7) is 9.63. The smallest absolute Gasteiger partial charge is 0.0650 e. The molecule has 2 aliphatic rings. The van der Waals surface area contributed by atoms with E-state index in [0.717, 1.165) is 16.4 Å². The Balaban J connectivity index is 1.75. The molecule has 2 saturated heterocycles. The lowest BCUT2D eigenvalue weighted by Crippen LogP contribution is -2.27. The van der Waals surface area contributed by atoms with Crippen LogP contribution in [0.25, 0.3) is 0 Å². The van der Waals surface area contributed by atoms with Gasteiger partial charge in [-0.25, -0.2) is 0 Å². The highest BCUT2D eigenvalue weighted by atomic mass is 32.2. The first-order valence-electron chi connectivity index (χ1n) is 10.2. The molecule has 2 fully saturated rings. The fourth-order valence-electron chi connectivity index (χ4n) is 3.76. The van der Waals surface area contributed by atoms with Crippen molar-refractivity contribution in [3.8, 4) is 0 Å². The molecule has 4 heteroatoms. The summed E-state index contributed by atoms with van der Waals surface area (Å²) >= 11 is 8.90. The van der Waals surface area contributed by atoms with Gasteiger partial charge < -0.3 is 0 Å². The summed E-state index contributed by atoms with van der Waals surface area (Å²) in [5.41, 5.74) is 1.64. The molecule has 25 heavy (non-hydrogen) atoms. The first kappa shape index (κ1) is 22.4. The molecule has 0 bridgehead atoms. The van der Waals surface area contributed by atoms with Crippen molar-refractivity contribution in [3.63, 3.8) is 0 Å². The van der Waals surface area contributed by atoms with Crippen LogP contribution in [0, 0.1) is 11.8 Å². The Kier molecular flexibility index (Phi) is 10.6. The first-order chi connectivity index (χ1) is 12.0. The zero-order valence-electron chi connectivity index (χ0n) is 16.7. The van der Waals surface area contributed by atoms with Crippen molar-refractivity contribution in [2.75, 3.05) is 23.0 Å². The fourth-order valence-corrected chi connectivity index (χ4v) is 10.9. The van der Waals surface area contributed by atoms with Gasteiger partial charge in [0.1, 0.15) is 0 Å². The molecule has 0 nitrogen and oxygen atoms in total. The van der Waals surface area contributed by atoms with Crippen LogP contribution < -0.4 is 0 Å². The van der Waals surface area contributed by atoms with Gasteiger partial charge in [-0.3, -0.25) is 0 Å². The van der Waals surface area contributed by atoms with Gasteiger partial charge in [-0.2, -0.15) is 0 Å². The molecule has 0 spiro atoms. The monoisotopic (exact) mass is 418 g/mol. The maximum Gasteiger partial charge on any atom is 0.0650 e. The van der Waals surface area contributed by atoms with E-state index in [4.69, 9.17) is 0 Å². The van der Waals surface area contributed by atoms with E-state index < -0.39 is 0 Å². The van der Waals surface area contributed by atoms with Gasteiger partial charge in [0.2, 0.25) is 0 Å². The lowest BCUT2D eigenvalue weighted by molar-refractivity contribution is 0.514. The van der Waals surface area contributed by atoms with Gasteiger partial charge in [0.05, 0.1) is 8.66 Å². The molecule has 0 N–H and O–H groups in total. The van der Waals surface area contributed by atoms with Crippen molar-refractivity contribution in [3.05, 3.63) is 11.6 Å². The summed E-state index contributed by atoms with van der Waals surface area (Å²) in [5.74, 6) is 7.17. The van der Waals surface area contributed by atoms with Crippen LogP contribution in [0.2, 0.25) is 0 Å². The van der Waals surface area contributed by atoms with Gasteiger partial charge in [0.15, 0.2) is 0 Å². The molecular weight excluding hydrogens is 380 g/mol. The van der Waals surface area contributed by atoms with Crippen molar-refractivity contribution in [1.29, 1.82) is 0 Å². The predicted octanol–water partition coefficient (Wildman–Crippen LogP) is 7.94. The zero-order chi connectivity index (χ0) is 18.1. The minimum Gasteiger partial charge on any atom is -0.148 e. The Morgan fingerprint density at radius 1 is 1.04 bits per heavy atom. The van der Waals surface area contributed by atoms with Crippen LogP contribution in [0.5, 0.6) is 0 Å². The Morgan fingerprint density at radius 3 is 2.32 bits per heavy atom. The van der Waals surface area contributed by atoms with Crippen molar-refractivity contribution in [2.45, 2.75) is 81.3 Å². The highest BCUT2D eigenvalue weighted by Gasteiger charge is 2.34. The third kappa shape index (κ3) is 8.79. The van der Waals surface area contributed by atoms with E-state index in [9.17, 15) is 0 Å². The maximum absolute atomic E-state index is 2.56. The summed E-state index contributed by atoms with van der Waals surface area (Å²) < 4.78 is 1.34. The maximum atomic E-state index is 2.56. The summed E-state index contributed by atoms with van der Waals surface area (Å²) in [6, 6.07) is 0. The van der Waals surface area contributed by atoms with Crippen LogP contribution in [-0.2, 0) is 0 Å². The molecular formula is C21H38S4. The fraction of sp³-hybridized carbons (Fsp3) is 0.905. The summed E-state index contributed by atoms with van der Waals surface area (Å²) in [4.78, 5) is 0. The van der Waals surface area contributed by atoms with Crippen LogP contribution in [-0.4, -0.2) is 31.7 Å². The Labute approximate surface area is 174 Å². The second kappa shape index (κ2) is 11.9. The van der Waals surface area contributed by atoms with E-state index in [1.54, 1.807) is 5.57 Å². The minimum absolute atomic E-state index is 0.466. The van der Waals surface area contributed by atoms with Crippen molar-refractivity contribution in [1.82, 2.24) is 0 Å². The molecule has 0 radical (unpaired) electrons. The van der Waals surface area contributed by atoms with Gasteiger partial charge in [-0.1, -0.05) is 32.4 Å². The molecule has 0 unspecified atom stereocenters. The van der Waals surface area contributed by atoms with E-state index in [1.807, 2.05) is 0 Å². The normalized spacial score (nSPS) is 23.8. The second-order valence-electron chi connectivity index (χ2n) is 8.23. The number of hydrogen-bond donors (Lipinski definition) is 0. The lowest BCUT2D eigenvalue weighted by atomic mass is 9.99.